The molecule has 0 amide bonds. The molecule has 1 unspecified atom stereocenters. The highest BCUT2D eigenvalue weighted by Crippen LogP contribution is 2.30. The van der Waals surface area contributed by atoms with E-state index in [0.29, 0.717) is 6.61 Å². The van der Waals surface area contributed by atoms with Gasteiger partial charge in [0.2, 0.25) is 6.29 Å². The van der Waals surface area contributed by atoms with E-state index < -0.39 is 6.29 Å². The highest BCUT2D eigenvalue weighted by molar-refractivity contribution is 5.28. The van der Waals surface area contributed by atoms with Crippen LogP contribution in [0.4, 0.5) is 0 Å². The Morgan fingerprint density at radius 2 is 1.72 bits per heavy atom. The number of ether oxygens (including phenoxy) is 1. The molecular formula is C15H22O3. The number of rotatable bonds is 1. The van der Waals surface area contributed by atoms with Gasteiger partial charge in [-0.3, -0.25) is 0 Å². The molecule has 2 rings (SSSR count). The van der Waals surface area contributed by atoms with E-state index >= 15 is 0 Å². The molecular weight excluding hydrogens is 228 g/mol. The minimum atomic E-state index is -0.424. The second-order valence-corrected chi connectivity index (χ2v) is 6.45. The maximum Gasteiger partial charge on any atom is 0.217 e. The largest absolute Gasteiger partial charge is 0.343 e. The Hall–Kier alpha value is -0.900. The molecule has 1 saturated heterocycles. The fourth-order valence-corrected chi connectivity index (χ4v) is 1.79. The van der Waals surface area contributed by atoms with Crippen LogP contribution in [0, 0.1) is 0 Å². The van der Waals surface area contributed by atoms with Gasteiger partial charge in [-0.25, -0.2) is 4.89 Å². The quantitative estimate of drug-likeness (QED) is 0.711. The number of hydrogen-bond donors (Lipinski definition) is 0. The predicted molar refractivity (Wildman–Crippen MR) is 70.1 cm³/mol. The molecule has 1 heterocycles. The van der Waals surface area contributed by atoms with Gasteiger partial charge >= 0.3 is 0 Å². The van der Waals surface area contributed by atoms with E-state index in [2.05, 4.69) is 32.9 Å². The van der Waals surface area contributed by atoms with Crippen molar-refractivity contribution in [2.75, 3.05) is 6.61 Å². The Labute approximate surface area is 109 Å². The van der Waals surface area contributed by atoms with Crippen molar-refractivity contribution in [2.24, 2.45) is 0 Å². The van der Waals surface area contributed by atoms with Gasteiger partial charge < -0.3 is 4.74 Å². The van der Waals surface area contributed by atoms with Crippen molar-refractivity contribution in [3.8, 4) is 0 Å². The Bertz CT molecular complexity index is 391. The average molecular weight is 250 g/mol. The first kappa shape index (κ1) is 13.5. The molecule has 1 aliphatic heterocycles. The van der Waals surface area contributed by atoms with E-state index in [4.69, 9.17) is 14.5 Å². The van der Waals surface area contributed by atoms with E-state index in [1.807, 2.05) is 26.0 Å². The highest BCUT2D eigenvalue weighted by atomic mass is 17.2. The van der Waals surface area contributed by atoms with Crippen LogP contribution >= 0.6 is 0 Å². The third kappa shape index (κ3) is 3.10. The van der Waals surface area contributed by atoms with Crippen LogP contribution in [0.5, 0.6) is 0 Å². The van der Waals surface area contributed by atoms with Gasteiger partial charge in [-0.1, -0.05) is 45.0 Å². The average Bonchev–Trinajstić information content (AvgIpc) is 2.28. The first-order chi connectivity index (χ1) is 8.28. The minimum Gasteiger partial charge on any atom is -0.343 e. The van der Waals surface area contributed by atoms with Crippen molar-refractivity contribution in [3.63, 3.8) is 0 Å². The van der Waals surface area contributed by atoms with Crippen molar-refractivity contribution in [3.05, 3.63) is 35.4 Å². The molecule has 0 spiro atoms. The van der Waals surface area contributed by atoms with E-state index in [1.165, 1.54) is 5.56 Å². The fraction of sp³-hybridized carbons (Fsp3) is 0.600. The molecule has 0 saturated carbocycles. The molecule has 0 aromatic heterocycles. The summed E-state index contributed by atoms with van der Waals surface area (Å²) in [7, 11) is 0. The van der Waals surface area contributed by atoms with Gasteiger partial charge in [0, 0.05) is 5.56 Å². The molecule has 1 aromatic rings. The van der Waals surface area contributed by atoms with Crippen LogP contribution in [0.2, 0.25) is 0 Å². The lowest BCUT2D eigenvalue weighted by atomic mass is 9.87. The van der Waals surface area contributed by atoms with E-state index in [1.54, 1.807) is 0 Å². The maximum atomic E-state index is 5.66. The molecule has 0 radical (unpaired) electrons. The summed E-state index contributed by atoms with van der Waals surface area (Å²) < 4.78 is 5.66. The molecule has 1 fully saturated rings. The summed E-state index contributed by atoms with van der Waals surface area (Å²) in [6, 6.07) is 8.30. The summed E-state index contributed by atoms with van der Waals surface area (Å²) in [5.74, 6) is 0. The molecule has 0 aliphatic carbocycles. The second kappa shape index (κ2) is 4.65. The molecule has 1 aliphatic rings. The van der Waals surface area contributed by atoms with Crippen LogP contribution in [0.15, 0.2) is 24.3 Å². The molecule has 18 heavy (non-hydrogen) atoms. The van der Waals surface area contributed by atoms with Gasteiger partial charge in [-0.05, 0) is 24.8 Å². The van der Waals surface area contributed by atoms with E-state index in [0.717, 1.165) is 5.56 Å². The molecule has 1 aromatic carbocycles. The van der Waals surface area contributed by atoms with Gasteiger partial charge in [-0.15, -0.1) is 0 Å². The monoisotopic (exact) mass is 250 g/mol. The van der Waals surface area contributed by atoms with Crippen LogP contribution < -0.4 is 0 Å². The zero-order valence-corrected chi connectivity index (χ0v) is 11.8. The summed E-state index contributed by atoms with van der Waals surface area (Å²) >= 11 is 0. The topological polar surface area (TPSA) is 27.7 Å². The SMILES string of the molecule is CC1(C)COC(c2ccc(C(C)(C)C)cc2)OO1. The van der Waals surface area contributed by atoms with Crippen LogP contribution in [0.25, 0.3) is 0 Å². The van der Waals surface area contributed by atoms with Gasteiger partial charge in [0.15, 0.2) is 0 Å². The Kier molecular flexibility index (Phi) is 3.49. The summed E-state index contributed by atoms with van der Waals surface area (Å²) in [6.45, 7) is 11.0. The maximum absolute atomic E-state index is 5.66. The van der Waals surface area contributed by atoms with Crippen molar-refractivity contribution in [1.29, 1.82) is 0 Å². The lowest BCUT2D eigenvalue weighted by Gasteiger charge is -2.33. The molecule has 3 heteroatoms. The van der Waals surface area contributed by atoms with Crippen LogP contribution in [0.3, 0.4) is 0 Å². The van der Waals surface area contributed by atoms with Gasteiger partial charge in [0.05, 0.1) is 6.61 Å². The fourth-order valence-electron chi connectivity index (χ4n) is 1.79. The second-order valence-electron chi connectivity index (χ2n) is 6.45. The zero-order valence-electron chi connectivity index (χ0n) is 11.8. The summed E-state index contributed by atoms with van der Waals surface area (Å²) in [5, 5.41) is 0. The van der Waals surface area contributed by atoms with Gasteiger partial charge in [-0.2, -0.15) is 4.89 Å². The first-order valence-corrected chi connectivity index (χ1v) is 6.34. The van der Waals surface area contributed by atoms with Crippen LogP contribution in [0.1, 0.15) is 52.0 Å². The van der Waals surface area contributed by atoms with Gasteiger partial charge in [0.1, 0.15) is 5.60 Å². The Balaban J connectivity index is 2.07. The molecule has 3 nitrogen and oxygen atoms in total. The zero-order chi connectivity index (χ0) is 13.4. The number of benzene rings is 1. The van der Waals surface area contributed by atoms with E-state index in [-0.39, 0.29) is 11.0 Å². The lowest BCUT2D eigenvalue weighted by molar-refractivity contribution is -0.469. The third-order valence-electron chi connectivity index (χ3n) is 2.99. The molecule has 1 atom stereocenters. The van der Waals surface area contributed by atoms with Crippen molar-refractivity contribution in [2.45, 2.75) is 51.9 Å². The summed E-state index contributed by atoms with van der Waals surface area (Å²) in [4.78, 5) is 10.6. The predicted octanol–water partition coefficient (Wildman–Crippen LogP) is 3.74. The van der Waals surface area contributed by atoms with E-state index in [9.17, 15) is 0 Å². The summed E-state index contributed by atoms with van der Waals surface area (Å²) in [6.07, 6.45) is -0.424. The standard InChI is InChI=1S/C15H22O3/c1-14(2,3)12-8-6-11(7-9-12)13-16-10-15(4,5)18-17-13/h6-9,13H,10H2,1-5H3. The smallest absolute Gasteiger partial charge is 0.217 e. The van der Waals surface area contributed by atoms with Crippen LogP contribution in [-0.4, -0.2) is 12.2 Å². The van der Waals surface area contributed by atoms with Gasteiger partial charge in [0.25, 0.3) is 0 Å². The Morgan fingerprint density at radius 3 is 2.17 bits per heavy atom. The Morgan fingerprint density at radius 1 is 1.11 bits per heavy atom. The third-order valence-corrected chi connectivity index (χ3v) is 2.99. The van der Waals surface area contributed by atoms with Crippen molar-refractivity contribution >= 4 is 0 Å². The molecule has 0 N–H and O–H groups in total. The number of hydrogen-bond acceptors (Lipinski definition) is 3. The minimum absolute atomic E-state index is 0.158. The van der Waals surface area contributed by atoms with Crippen molar-refractivity contribution < 1.29 is 14.5 Å². The van der Waals surface area contributed by atoms with Crippen LogP contribution in [-0.2, 0) is 19.9 Å². The van der Waals surface area contributed by atoms with Crippen molar-refractivity contribution in [1.82, 2.24) is 0 Å². The lowest BCUT2D eigenvalue weighted by Crippen LogP contribution is -2.37. The molecule has 100 valence electrons. The molecule has 0 bridgehead atoms. The highest BCUT2D eigenvalue weighted by Gasteiger charge is 2.31. The summed E-state index contributed by atoms with van der Waals surface area (Å²) in [5.41, 5.74) is 2.06. The first-order valence-electron chi connectivity index (χ1n) is 6.34. The normalized spacial score (nSPS) is 23.9.